The van der Waals surface area contributed by atoms with E-state index in [0.717, 1.165) is 6.42 Å². The molecule has 0 aromatic carbocycles. The summed E-state index contributed by atoms with van der Waals surface area (Å²) in [5.41, 5.74) is -1.63. The molecule has 3 saturated heterocycles. The molecule has 5 nitrogen and oxygen atoms in total. The van der Waals surface area contributed by atoms with Crippen molar-refractivity contribution in [1.29, 1.82) is 0 Å². The van der Waals surface area contributed by atoms with E-state index < -0.39 is 30.2 Å². The van der Waals surface area contributed by atoms with Gasteiger partial charge in [0.1, 0.15) is 12.2 Å². The van der Waals surface area contributed by atoms with Gasteiger partial charge in [-0.1, -0.05) is 13.3 Å². The zero-order valence-corrected chi connectivity index (χ0v) is 9.13. The highest BCUT2D eigenvalue weighted by Crippen LogP contribution is 2.48. The molecule has 1 unspecified atom stereocenters. The van der Waals surface area contributed by atoms with Crippen LogP contribution < -0.4 is 0 Å². The van der Waals surface area contributed by atoms with Crippen molar-refractivity contribution in [2.45, 2.75) is 56.4 Å². The largest absolute Gasteiger partial charge is 0.390 e. The smallest absolute Gasteiger partial charge is 0.178 e. The number of carbonyl (C=O) groups is 1. The average Bonchev–Trinajstić information content (AvgIpc) is 2.24. The number of aliphatic hydroxyl groups excluding tert-OH is 1. The lowest BCUT2D eigenvalue weighted by molar-refractivity contribution is -0.370. The Hall–Kier alpha value is -0.490. The third-order valence-electron chi connectivity index (χ3n) is 4.11. The number of hydrogen-bond donors (Lipinski definition) is 2. The number of carbonyl (C=O) groups excluding carboxylic acids is 1. The van der Waals surface area contributed by atoms with Crippen LogP contribution in [-0.4, -0.2) is 46.2 Å². The minimum atomic E-state index is -1.63. The molecule has 16 heavy (non-hydrogen) atoms. The van der Waals surface area contributed by atoms with Crippen LogP contribution in [0.2, 0.25) is 0 Å². The summed E-state index contributed by atoms with van der Waals surface area (Å²) in [7, 11) is 0. The van der Waals surface area contributed by atoms with Crippen molar-refractivity contribution in [3.63, 3.8) is 0 Å². The van der Waals surface area contributed by atoms with E-state index in [0.29, 0.717) is 6.42 Å². The summed E-state index contributed by atoms with van der Waals surface area (Å²) in [5.74, 6) is -0.228. The molecule has 0 radical (unpaired) electrons. The fourth-order valence-corrected chi connectivity index (χ4v) is 3.25. The van der Waals surface area contributed by atoms with Crippen LogP contribution in [0.5, 0.6) is 0 Å². The first kappa shape index (κ1) is 10.7. The second kappa shape index (κ2) is 3.26. The number of Topliss-reactive ketones (excluding diaryl/α,β-unsaturated/α-hetero) is 1. The van der Waals surface area contributed by atoms with Crippen LogP contribution in [0.1, 0.15) is 26.2 Å². The molecular weight excluding hydrogens is 212 g/mol. The quantitative estimate of drug-likeness (QED) is 0.638. The van der Waals surface area contributed by atoms with E-state index in [4.69, 9.17) is 9.47 Å². The number of aliphatic hydroxyl groups is 2. The summed E-state index contributed by atoms with van der Waals surface area (Å²) in [5, 5.41) is 20.4. The lowest BCUT2D eigenvalue weighted by Crippen LogP contribution is -2.76. The summed E-state index contributed by atoms with van der Waals surface area (Å²) in [6.45, 7) is 1.97. The second-order valence-electron chi connectivity index (χ2n) is 4.97. The molecule has 0 spiro atoms. The van der Waals surface area contributed by atoms with E-state index in [1.807, 2.05) is 6.92 Å². The van der Waals surface area contributed by atoms with Gasteiger partial charge in [0.05, 0.1) is 12.5 Å². The van der Waals surface area contributed by atoms with Crippen molar-refractivity contribution in [2.24, 2.45) is 5.92 Å². The van der Waals surface area contributed by atoms with Gasteiger partial charge in [-0.15, -0.1) is 0 Å². The van der Waals surface area contributed by atoms with Crippen molar-refractivity contribution in [3.8, 4) is 0 Å². The number of ketones is 1. The Bertz CT molecular complexity index is 330. The number of rotatable bonds is 1. The van der Waals surface area contributed by atoms with Crippen LogP contribution in [0.3, 0.4) is 0 Å². The highest BCUT2D eigenvalue weighted by atomic mass is 16.7. The highest BCUT2D eigenvalue weighted by Gasteiger charge is 2.66. The standard InChI is InChI=1S/C11H16O5/c1-2-5-3-6(12)10-11(14)7(13)4-8(16-10)15-9(5)11/h5-6,8-10,12,14H,2-4H2,1H3/t5-,6-,8+,9-,10?,11+/m1/s1. The molecular formula is C11H16O5. The predicted molar refractivity (Wildman–Crippen MR) is 52.5 cm³/mol. The Morgan fingerprint density at radius 2 is 2.12 bits per heavy atom. The van der Waals surface area contributed by atoms with E-state index in [9.17, 15) is 15.0 Å². The van der Waals surface area contributed by atoms with Gasteiger partial charge < -0.3 is 19.7 Å². The van der Waals surface area contributed by atoms with Gasteiger partial charge in [0.15, 0.2) is 17.7 Å². The SMILES string of the molecule is CC[C@@H]1C[C@@H](O)C2O[C@H]3CC(=O)[C@]2(O)[C@@H]1O3. The second-order valence-corrected chi connectivity index (χ2v) is 4.97. The Morgan fingerprint density at radius 3 is 2.81 bits per heavy atom. The molecule has 0 amide bonds. The van der Waals surface area contributed by atoms with E-state index in [1.54, 1.807) is 0 Å². The summed E-state index contributed by atoms with van der Waals surface area (Å²) in [4.78, 5) is 11.9. The maximum absolute atomic E-state index is 11.9. The molecule has 4 fully saturated rings. The molecule has 6 atom stereocenters. The van der Waals surface area contributed by atoms with Crippen LogP contribution in [-0.2, 0) is 14.3 Å². The van der Waals surface area contributed by atoms with Crippen LogP contribution in [0.15, 0.2) is 0 Å². The van der Waals surface area contributed by atoms with E-state index in [1.165, 1.54) is 0 Å². The van der Waals surface area contributed by atoms with E-state index >= 15 is 0 Å². The molecule has 0 aromatic rings. The van der Waals surface area contributed by atoms with Gasteiger partial charge in [0.25, 0.3) is 0 Å². The van der Waals surface area contributed by atoms with Gasteiger partial charge in [-0.3, -0.25) is 4.79 Å². The number of hydrogen-bond acceptors (Lipinski definition) is 5. The van der Waals surface area contributed by atoms with Gasteiger partial charge in [0.2, 0.25) is 0 Å². The normalized spacial score (nSPS) is 55.4. The fourth-order valence-electron chi connectivity index (χ4n) is 3.25. The third-order valence-corrected chi connectivity index (χ3v) is 4.11. The molecule has 1 saturated carbocycles. The topological polar surface area (TPSA) is 76.0 Å². The van der Waals surface area contributed by atoms with Crippen LogP contribution in [0, 0.1) is 5.92 Å². The lowest BCUT2D eigenvalue weighted by Gasteiger charge is -2.58. The monoisotopic (exact) mass is 228 g/mol. The third kappa shape index (κ3) is 1.12. The highest BCUT2D eigenvalue weighted by molar-refractivity contribution is 5.90. The molecule has 90 valence electrons. The Morgan fingerprint density at radius 1 is 1.44 bits per heavy atom. The van der Waals surface area contributed by atoms with E-state index in [2.05, 4.69) is 0 Å². The molecule has 3 aliphatic heterocycles. The summed E-state index contributed by atoms with van der Waals surface area (Å²) in [6, 6.07) is 0. The molecule has 3 heterocycles. The first-order chi connectivity index (χ1) is 7.57. The summed E-state index contributed by atoms with van der Waals surface area (Å²) in [6.07, 6.45) is -1.29. The fraction of sp³-hybridized carbons (Fsp3) is 0.909. The molecule has 2 N–H and O–H groups in total. The Kier molecular flexibility index (Phi) is 2.17. The maximum Gasteiger partial charge on any atom is 0.178 e. The van der Waals surface area contributed by atoms with E-state index in [-0.39, 0.29) is 18.1 Å². The minimum absolute atomic E-state index is 0.0203. The Labute approximate surface area is 93.3 Å². The number of ether oxygens (including phenoxy) is 2. The van der Waals surface area contributed by atoms with Gasteiger partial charge in [0, 0.05) is 0 Å². The minimum Gasteiger partial charge on any atom is -0.390 e. The zero-order chi connectivity index (χ0) is 11.5. The molecule has 5 heteroatoms. The van der Waals surface area contributed by atoms with Crippen LogP contribution >= 0.6 is 0 Å². The van der Waals surface area contributed by atoms with Crippen LogP contribution in [0.25, 0.3) is 0 Å². The maximum atomic E-state index is 11.9. The molecule has 4 rings (SSSR count). The zero-order valence-electron chi connectivity index (χ0n) is 9.13. The molecule has 4 aliphatic rings. The predicted octanol–water partition coefficient (Wildman–Crippen LogP) is -0.409. The van der Waals surface area contributed by atoms with Crippen molar-refractivity contribution < 1.29 is 24.5 Å². The van der Waals surface area contributed by atoms with Gasteiger partial charge in [-0.25, -0.2) is 0 Å². The molecule has 4 bridgehead atoms. The van der Waals surface area contributed by atoms with Gasteiger partial charge in [-0.2, -0.15) is 0 Å². The van der Waals surface area contributed by atoms with Crippen molar-refractivity contribution in [3.05, 3.63) is 0 Å². The lowest BCUT2D eigenvalue weighted by atomic mass is 9.66. The summed E-state index contributed by atoms with van der Waals surface area (Å²) < 4.78 is 11.0. The van der Waals surface area contributed by atoms with Crippen molar-refractivity contribution in [1.82, 2.24) is 0 Å². The van der Waals surface area contributed by atoms with Crippen molar-refractivity contribution in [2.75, 3.05) is 0 Å². The average molecular weight is 228 g/mol. The van der Waals surface area contributed by atoms with Crippen molar-refractivity contribution >= 4 is 5.78 Å². The molecule has 1 aliphatic carbocycles. The van der Waals surface area contributed by atoms with Gasteiger partial charge in [-0.05, 0) is 12.3 Å². The number of fused-ring (bicyclic) bond motifs is 1. The van der Waals surface area contributed by atoms with Crippen LogP contribution in [0.4, 0.5) is 0 Å². The Balaban J connectivity index is 2.03. The first-order valence-corrected chi connectivity index (χ1v) is 5.82. The van der Waals surface area contributed by atoms with Gasteiger partial charge >= 0.3 is 0 Å². The summed E-state index contributed by atoms with van der Waals surface area (Å²) >= 11 is 0. The molecule has 0 aromatic heterocycles. The first-order valence-electron chi connectivity index (χ1n) is 5.82.